The van der Waals surface area contributed by atoms with E-state index in [0.29, 0.717) is 28.0 Å². The molecule has 1 aliphatic heterocycles. The van der Waals surface area contributed by atoms with Gasteiger partial charge in [0.15, 0.2) is 11.5 Å². The van der Waals surface area contributed by atoms with Crippen molar-refractivity contribution in [3.05, 3.63) is 57.9 Å². The van der Waals surface area contributed by atoms with Crippen molar-refractivity contribution in [1.82, 2.24) is 4.98 Å². The number of benzene rings is 2. The first kappa shape index (κ1) is 16.2. The Bertz CT molecular complexity index is 1070. The van der Waals surface area contributed by atoms with E-state index < -0.39 is 11.5 Å². The van der Waals surface area contributed by atoms with Crippen LogP contribution < -0.4 is 15.0 Å². The summed E-state index contributed by atoms with van der Waals surface area (Å²) in [5, 5.41) is 0.695. The molecular formula is C20H17NO5. The van der Waals surface area contributed by atoms with Crippen LogP contribution in [0.3, 0.4) is 0 Å². The van der Waals surface area contributed by atoms with E-state index in [1.54, 1.807) is 19.1 Å². The second-order valence-electron chi connectivity index (χ2n) is 6.04. The molecule has 132 valence electrons. The second kappa shape index (κ2) is 6.22. The van der Waals surface area contributed by atoms with Gasteiger partial charge < -0.3 is 19.2 Å². The molecular weight excluding hydrogens is 334 g/mol. The average molecular weight is 351 g/mol. The third kappa shape index (κ3) is 2.60. The predicted octanol–water partition coefficient (Wildman–Crippen LogP) is 3.41. The first-order valence-corrected chi connectivity index (χ1v) is 8.32. The summed E-state index contributed by atoms with van der Waals surface area (Å²) < 4.78 is 16.0. The van der Waals surface area contributed by atoms with Crippen molar-refractivity contribution in [3.8, 4) is 22.6 Å². The van der Waals surface area contributed by atoms with Gasteiger partial charge in [0.2, 0.25) is 6.79 Å². The molecule has 0 bridgehead atoms. The number of hydrogen-bond donors (Lipinski definition) is 1. The van der Waals surface area contributed by atoms with Gasteiger partial charge in [-0.3, -0.25) is 4.79 Å². The summed E-state index contributed by atoms with van der Waals surface area (Å²) >= 11 is 0. The average Bonchev–Trinajstić information content (AvgIpc) is 3.07. The fourth-order valence-electron chi connectivity index (χ4n) is 3.10. The lowest BCUT2D eigenvalue weighted by Gasteiger charge is -2.13. The second-order valence-corrected chi connectivity index (χ2v) is 6.04. The van der Waals surface area contributed by atoms with Crippen LogP contribution in [-0.2, 0) is 4.74 Å². The van der Waals surface area contributed by atoms with Crippen molar-refractivity contribution in [2.24, 2.45) is 0 Å². The maximum atomic E-state index is 12.7. The third-order valence-corrected chi connectivity index (χ3v) is 4.33. The van der Waals surface area contributed by atoms with Crippen molar-refractivity contribution in [2.75, 3.05) is 13.4 Å². The quantitative estimate of drug-likeness (QED) is 0.732. The van der Waals surface area contributed by atoms with Crippen LogP contribution in [0.25, 0.3) is 22.0 Å². The number of aromatic amines is 1. The first-order valence-electron chi connectivity index (χ1n) is 8.32. The molecule has 6 heteroatoms. The normalized spacial score (nSPS) is 12.4. The van der Waals surface area contributed by atoms with Gasteiger partial charge in [0.05, 0.1) is 12.1 Å². The molecule has 0 unspecified atom stereocenters. The molecule has 1 aliphatic rings. The molecule has 3 aromatic rings. The van der Waals surface area contributed by atoms with E-state index in [1.807, 2.05) is 31.2 Å². The lowest BCUT2D eigenvalue weighted by molar-refractivity contribution is 0.0525. The highest BCUT2D eigenvalue weighted by molar-refractivity contribution is 6.07. The molecule has 1 N–H and O–H groups in total. The van der Waals surface area contributed by atoms with Crippen LogP contribution in [0.4, 0.5) is 0 Å². The van der Waals surface area contributed by atoms with Crippen LogP contribution in [-0.4, -0.2) is 24.4 Å². The maximum Gasteiger partial charge on any atom is 0.344 e. The monoisotopic (exact) mass is 351 g/mol. The molecule has 0 saturated heterocycles. The molecule has 0 spiro atoms. The number of rotatable bonds is 3. The lowest BCUT2D eigenvalue weighted by atomic mass is 9.95. The van der Waals surface area contributed by atoms with E-state index in [2.05, 4.69) is 4.98 Å². The molecule has 0 amide bonds. The minimum atomic E-state index is -0.649. The molecule has 4 rings (SSSR count). The summed E-state index contributed by atoms with van der Waals surface area (Å²) in [6.07, 6.45) is 0. The number of H-pyrrole nitrogens is 1. The van der Waals surface area contributed by atoms with E-state index in [0.717, 1.165) is 11.1 Å². The van der Waals surface area contributed by atoms with Crippen LogP contribution in [0.15, 0.2) is 41.2 Å². The Morgan fingerprint density at radius 2 is 1.85 bits per heavy atom. The molecule has 0 radical (unpaired) electrons. The Morgan fingerprint density at radius 1 is 1.15 bits per heavy atom. The van der Waals surface area contributed by atoms with Crippen molar-refractivity contribution in [3.63, 3.8) is 0 Å². The Kier molecular flexibility index (Phi) is 3.88. The zero-order valence-electron chi connectivity index (χ0n) is 14.4. The van der Waals surface area contributed by atoms with Crippen LogP contribution >= 0.6 is 0 Å². The van der Waals surface area contributed by atoms with E-state index in [1.165, 1.54) is 0 Å². The third-order valence-electron chi connectivity index (χ3n) is 4.33. The number of carbonyl (C=O) groups is 1. The van der Waals surface area contributed by atoms with Crippen LogP contribution in [0.2, 0.25) is 0 Å². The van der Waals surface area contributed by atoms with Gasteiger partial charge in [-0.2, -0.15) is 0 Å². The first-order chi connectivity index (χ1) is 12.6. The van der Waals surface area contributed by atoms with Crippen molar-refractivity contribution in [2.45, 2.75) is 13.8 Å². The Hall–Kier alpha value is -3.28. The number of fused-ring (bicyclic) bond motifs is 2. The minimum absolute atomic E-state index is 0.0120. The number of esters is 1. The molecule has 0 aliphatic carbocycles. The van der Waals surface area contributed by atoms with E-state index in [9.17, 15) is 9.59 Å². The highest BCUT2D eigenvalue weighted by Gasteiger charge is 2.24. The predicted molar refractivity (Wildman–Crippen MR) is 96.8 cm³/mol. The number of aromatic nitrogens is 1. The largest absolute Gasteiger partial charge is 0.462 e. The van der Waals surface area contributed by atoms with Crippen LogP contribution in [0.1, 0.15) is 22.8 Å². The Balaban J connectivity index is 2.08. The summed E-state index contributed by atoms with van der Waals surface area (Å²) in [6, 6.07) is 11.1. The van der Waals surface area contributed by atoms with Crippen molar-refractivity contribution >= 4 is 16.9 Å². The van der Waals surface area contributed by atoms with Gasteiger partial charge in [-0.1, -0.05) is 29.8 Å². The fraction of sp³-hybridized carbons (Fsp3) is 0.200. The van der Waals surface area contributed by atoms with E-state index in [4.69, 9.17) is 14.2 Å². The molecule has 26 heavy (non-hydrogen) atoms. The topological polar surface area (TPSA) is 77.6 Å². The molecule has 0 saturated carbocycles. The Labute approximate surface area is 149 Å². The molecule has 6 nitrogen and oxygen atoms in total. The van der Waals surface area contributed by atoms with Gasteiger partial charge in [-0.15, -0.1) is 0 Å². The van der Waals surface area contributed by atoms with Gasteiger partial charge in [0, 0.05) is 17.0 Å². The molecule has 1 aromatic heterocycles. The SMILES string of the molecule is CCOC(=O)c1c(-c2ccc(C)cc2)c2cc3c(cc2[nH]c1=O)OCO3. The van der Waals surface area contributed by atoms with Gasteiger partial charge in [0.1, 0.15) is 5.56 Å². The highest BCUT2D eigenvalue weighted by atomic mass is 16.7. The van der Waals surface area contributed by atoms with E-state index >= 15 is 0 Å². The number of pyridine rings is 1. The van der Waals surface area contributed by atoms with Gasteiger partial charge in [0.25, 0.3) is 5.56 Å². The Morgan fingerprint density at radius 3 is 2.54 bits per heavy atom. The molecule has 2 aromatic carbocycles. The summed E-state index contributed by atoms with van der Waals surface area (Å²) in [7, 11) is 0. The number of ether oxygens (including phenoxy) is 3. The zero-order valence-corrected chi connectivity index (χ0v) is 14.4. The van der Waals surface area contributed by atoms with Crippen molar-refractivity contribution < 1.29 is 19.0 Å². The highest BCUT2D eigenvalue weighted by Crippen LogP contribution is 2.39. The van der Waals surface area contributed by atoms with E-state index in [-0.39, 0.29) is 19.0 Å². The molecule has 0 atom stereocenters. The summed E-state index contributed by atoms with van der Waals surface area (Å²) in [4.78, 5) is 27.9. The van der Waals surface area contributed by atoms with Gasteiger partial charge in [-0.25, -0.2) is 4.79 Å². The lowest BCUT2D eigenvalue weighted by Crippen LogP contribution is -2.21. The standard InChI is InChI=1S/C20H17NO5/c1-3-24-20(23)18-17(12-6-4-11(2)5-7-12)13-8-15-16(26-10-25-15)9-14(13)21-19(18)22/h4-9H,3,10H2,1-2H3,(H,21,22). The zero-order chi connectivity index (χ0) is 18.3. The molecule has 0 fully saturated rings. The number of hydrogen-bond acceptors (Lipinski definition) is 5. The summed E-state index contributed by atoms with van der Waals surface area (Å²) in [5.74, 6) is 0.489. The number of aryl methyl sites for hydroxylation is 1. The van der Waals surface area contributed by atoms with Crippen LogP contribution in [0, 0.1) is 6.92 Å². The summed E-state index contributed by atoms with van der Waals surface area (Å²) in [5.41, 5.74) is 2.43. The van der Waals surface area contributed by atoms with Gasteiger partial charge >= 0.3 is 5.97 Å². The van der Waals surface area contributed by atoms with Gasteiger partial charge in [-0.05, 0) is 25.5 Å². The summed E-state index contributed by atoms with van der Waals surface area (Å²) in [6.45, 7) is 3.99. The molecule has 2 heterocycles. The fourth-order valence-corrected chi connectivity index (χ4v) is 3.10. The minimum Gasteiger partial charge on any atom is -0.462 e. The number of carbonyl (C=O) groups excluding carboxylic acids is 1. The smallest absolute Gasteiger partial charge is 0.344 e. The van der Waals surface area contributed by atoms with Crippen molar-refractivity contribution in [1.29, 1.82) is 0 Å². The maximum absolute atomic E-state index is 12.7. The number of nitrogens with one attached hydrogen (secondary N) is 1. The van der Waals surface area contributed by atoms with Crippen LogP contribution in [0.5, 0.6) is 11.5 Å².